The van der Waals surface area contributed by atoms with Crippen LogP contribution in [0.1, 0.15) is 0 Å². The summed E-state index contributed by atoms with van der Waals surface area (Å²) in [5.74, 6) is 0. The second-order valence-corrected chi connectivity index (χ2v) is 0. The molecule has 0 atom stereocenters. The Balaban J connectivity index is -0.000000000500. The van der Waals surface area contributed by atoms with Gasteiger partial charge in [-0.25, -0.2) is 0 Å². The van der Waals surface area contributed by atoms with Crippen molar-refractivity contribution in [2.24, 2.45) is 0 Å². The Morgan fingerprint density at radius 1 is 0.714 bits per heavy atom. The Morgan fingerprint density at radius 3 is 0.714 bits per heavy atom. The van der Waals surface area contributed by atoms with E-state index in [0.29, 0.717) is 0 Å². The third kappa shape index (κ3) is 92.2. The van der Waals surface area contributed by atoms with Crippen LogP contribution in [0, 0.1) is 0 Å². The van der Waals surface area contributed by atoms with E-state index in [1.54, 1.807) is 0 Å². The summed E-state index contributed by atoms with van der Waals surface area (Å²) in [4.78, 5) is 0. The van der Waals surface area contributed by atoms with Crippen LogP contribution < -0.4 is 37.2 Å². The minimum Gasteiger partial charge on any atom is -1.00 e. The maximum absolute atomic E-state index is 6.00. The van der Waals surface area contributed by atoms with E-state index in [2.05, 4.69) is 0 Å². The zero-order valence-corrected chi connectivity index (χ0v) is 7.25. The summed E-state index contributed by atoms with van der Waals surface area (Å²) in [6, 6.07) is 0. The van der Waals surface area contributed by atoms with Crippen LogP contribution in [0.25, 0.3) is 0 Å². The Kier molecular flexibility index (Phi) is 1340. The smallest absolute Gasteiger partial charge is 1.00 e. The molecule has 0 unspecified atom stereocenters. The fraction of sp³-hybridized carbons (Fsp3) is 0. The third-order valence-electron chi connectivity index (χ3n) is 0. The van der Waals surface area contributed by atoms with Gasteiger partial charge in [0.2, 0.25) is 0 Å². The van der Waals surface area contributed by atoms with Gasteiger partial charge >= 0.3 is 17.4 Å². The van der Waals surface area contributed by atoms with Gasteiger partial charge in [-0.1, -0.05) is 0 Å². The number of halogens is 4. The molecule has 0 aliphatic heterocycles. The molecule has 0 aromatic heterocycles. The van der Waals surface area contributed by atoms with Crippen molar-refractivity contribution in [2.75, 3.05) is 0 Å². The maximum atomic E-state index is 6.00. The monoisotopic (exact) mass is 202 g/mol. The van der Waals surface area contributed by atoms with Crippen molar-refractivity contribution in [1.29, 1.82) is 0 Å². The van der Waals surface area contributed by atoms with Crippen LogP contribution in [0.2, 0.25) is 0 Å². The van der Waals surface area contributed by atoms with Crippen molar-refractivity contribution >= 4 is 29.8 Å². The summed E-state index contributed by atoms with van der Waals surface area (Å²) < 4.78 is 0. The second-order valence-electron chi connectivity index (χ2n) is 0. The Morgan fingerprint density at radius 2 is 0.714 bits per heavy atom. The summed E-state index contributed by atoms with van der Waals surface area (Å²) in [6.45, 7) is 0. The van der Waals surface area contributed by atoms with E-state index >= 15 is 0 Å². The van der Waals surface area contributed by atoms with E-state index in [-0.39, 0.29) is 67.0 Å². The van der Waals surface area contributed by atoms with Gasteiger partial charge in [0.05, 0.1) is 0 Å². The molecule has 0 aliphatic rings. The molecule has 0 saturated heterocycles. The van der Waals surface area contributed by atoms with Gasteiger partial charge in [-0.2, -0.15) is 0 Å². The minimum atomic E-state index is 0. The molecule has 0 bridgehead atoms. The molecule has 0 aromatic rings. The molecule has 7 heteroatoms. The average molecular weight is 204 g/mol. The van der Waals surface area contributed by atoms with E-state index in [1.807, 2.05) is 0 Å². The molecule has 0 aromatic carbocycles. The molecule has 0 spiro atoms. The topological polar surface area (TPSA) is 40.5 Å². The molecule has 7 heavy (non-hydrogen) atoms. The SMILES string of the molecule is Cl.OO.[Al+3].[Cl-].[Cl-].[Cl-]. The van der Waals surface area contributed by atoms with Gasteiger partial charge in [0.15, 0.2) is 0 Å². The Labute approximate surface area is 77.4 Å². The van der Waals surface area contributed by atoms with Crippen LogP contribution in [-0.4, -0.2) is 27.9 Å². The standard InChI is InChI=1S/Al.4ClH.H2O2/c;;;;;1-2/h;4*1H;1-2H/q+3;;;;;/p-3. The molecular formula is H3AlCl4O2. The van der Waals surface area contributed by atoms with Crippen LogP contribution >= 0.6 is 12.4 Å². The first-order valence-corrected chi connectivity index (χ1v) is 0.200. The van der Waals surface area contributed by atoms with Crippen molar-refractivity contribution in [3.8, 4) is 0 Å². The van der Waals surface area contributed by atoms with Crippen LogP contribution in [0.4, 0.5) is 0 Å². The van der Waals surface area contributed by atoms with E-state index < -0.39 is 0 Å². The Bertz CT molecular complexity index is 9.65. The average Bonchev–Trinajstić information content (AvgIpc) is 1.00. The fourth-order valence-corrected chi connectivity index (χ4v) is 0. The molecule has 0 heterocycles. The first kappa shape index (κ1) is 73.1. The zero-order valence-electron chi connectivity index (χ0n) is 3.01. The Hall–Kier alpha value is 1.61. The molecular weight excluding hydrogens is 201 g/mol. The van der Waals surface area contributed by atoms with Crippen LogP contribution in [0.5, 0.6) is 0 Å². The molecule has 46 valence electrons. The minimum absolute atomic E-state index is 0. The fourth-order valence-electron chi connectivity index (χ4n) is 0. The summed E-state index contributed by atoms with van der Waals surface area (Å²) in [5.41, 5.74) is 0. The van der Waals surface area contributed by atoms with Crippen molar-refractivity contribution in [3.05, 3.63) is 0 Å². The van der Waals surface area contributed by atoms with Gasteiger partial charge in [-0.15, -0.1) is 12.4 Å². The maximum Gasteiger partial charge on any atom is 3.00 e. The van der Waals surface area contributed by atoms with Crippen molar-refractivity contribution in [3.63, 3.8) is 0 Å². The van der Waals surface area contributed by atoms with Gasteiger partial charge in [0.1, 0.15) is 0 Å². The van der Waals surface area contributed by atoms with Crippen LogP contribution in [0.15, 0.2) is 0 Å². The zero-order chi connectivity index (χ0) is 2.00. The van der Waals surface area contributed by atoms with Crippen molar-refractivity contribution in [1.82, 2.24) is 0 Å². The summed E-state index contributed by atoms with van der Waals surface area (Å²) in [6.07, 6.45) is 0. The van der Waals surface area contributed by atoms with Gasteiger partial charge in [0, 0.05) is 0 Å². The summed E-state index contributed by atoms with van der Waals surface area (Å²) in [7, 11) is 0. The third-order valence-corrected chi connectivity index (χ3v) is 0. The molecule has 0 saturated carbocycles. The quantitative estimate of drug-likeness (QED) is 0.233. The molecule has 0 aliphatic carbocycles. The first-order chi connectivity index (χ1) is 1.00. The van der Waals surface area contributed by atoms with Crippen LogP contribution in [-0.2, 0) is 0 Å². The van der Waals surface area contributed by atoms with E-state index in [4.69, 9.17) is 10.5 Å². The van der Waals surface area contributed by atoms with Crippen molar-refractivity contribution < 1.29 is 47.7 Å². The second kappa shape index (κ2) is 128. The molecule has 0 radical (unpaired) electrons. The normalized spacial score (nSPS) is 0.857. The largest absolute Gasteiger partial charge is 3.00 e. The van der Waals surface area contributed by atoms with E-state index in [0.717, 1.165) is 0 Å². The van der Waals surface area contributed by atoms with E-state index in [1.165, 1.54) is 0 Å². The van der Waals surface area contributed by atoms with Gasteiger partial charge in [-0.3, -0.25) is 10.5 Å². The van der Waals surface area contributed by atoms with E-state index in [9.17, 15) is 0 Å². The number of hydrogen-bond acceptors (Lipinski definition) is 2. The van der Waals surface area contributed by atoms with Gasteiger partial charge in [0.25, 0.3) is 0 Å². The molecule has 0 amide bonds. The predicted molar refractivity (Wildman–Crippen MR) is 18.3 cm³/mol. The molecule has 2 N–H and O–H groups in total. The predicted octanol–water partition coefficient (Wildman–Crippen LogP) is -8.93. The molecule has 0 rings (SSSR count). The number of hydrogen-bond donors (Lipinski definition) is 2. The van der Waals surface area contributed by atoms with Gasteiger partial charge in [-0.05, 0) is 0 Å². The summed E-state index contributed by atoms with van der Waals surface area (Å²) >= 11 is 0. The molecule has 2 nitrogen and oxygen atoms in total. The van der Waals surface area contributed by atoms with Gasteiger partial charge < -0.3 is 37.2 Å². The number of rotatable bonds is 0. The van der Waals surface area contributed by atoms with Crippen LogP contribution in [0.3, 0.4) is 0 Å². The summed E-state index contributed by atoms with van der Waals surface area (Å²) in [5, 5.41) is 12.0. The first-order valence-electron chi connectivity index (χ1n) is 0.200. The van der Waals surface area contributed by atoms with Crippen molar-refractivity contribution in [2.45, 2.75) is 0 Å². The molecule has 0 fully saturated rings.